The maximum atomic E-state index is 10.0. The summed E-state index contributed by atoms with van der Waals surface area (Å²) in [6.07, 6.45) is 11.0. The van der Waals surface area contributed by atoms with Gasteiger partial charge in [0.05, 0.1) is 11.2 Å². The van der Waals surface area contributed by atoms with E-state index < -0.39 is 5.60 Å². The molecule has 1 aliphatic rings. The van der Waals surface area contributed by atoms with E-state index in [1.807, 2.05) is 39.0 Å². The maximum Gasteiger partial charge on any atom is 0.131 e. The van der Waals surface area contributed by atoms with Gasteiger partial charge >= 0.3 is 0 Å². The third-order valence-electron chi connectivity index (χ3n) is 4.70. The lowest BCUT2D eigenvalue weighted by Crippen LogP contribution is -2.31. The quantitative estimate of drug-likeness (QED) is 0.639. The summed E-state index contributed by atoms with van der Waals surface area (Å²) in [5, 5.41) is 19.8. The van der Waals surface area contributed by atoms with Crippen LogP contribution in [0.1, 0.15) is 70.9 Å². The summed E-state index contributed by atoms with van der Waals surface area (Å²) < 4.78 is 6.18. The second kappa shape index (κ2) is 7.65. The minimum Gasteiger partial charge on any atom is -0.507 e. The van der Waals surface area contributed by atoms with Gasteiger partial charge in [0.2, 0.25) is 0 Å². The summed E-state index contributed by atoms with van der Waals surface area (Å²) in [6, 6.07) is 3.74. The summed E-state index contributed by atoms with van der Waals surface area (Å²) >= 11 is 0. The van der Waals surface area contributed by atoms with E-state index in [1.165, 1.54) is 5.57 Å². The van der Waals surface area contributed by atoms with Gasteiger partial charge in [0.25, 0.3) is 0 Å². The van der Waals surface area contributed by atoms with Crippen molar-refractivity contribution in [2.45, 2.75) is 77.9 Å². The van der Waals surface area contributed by atoms with Crippen molar-refractivity contribution >= 4 is 6.08 Å². The number of aryl methyl sites for hydroxylation is 1. The van der Waals surface area contributed by atoms with Gasteiger partial charge in [-0.2, -0.15) is 0 Å². The van der Waals surface area contributed by atoms with E-state index in [9.17, 15) is 10.2 Å². The van der Waals surface area contributed by atoms with E-state index in [0.29, 0.717) is 0 Å². The van der Waals surface area contributed by atoms with Crippen molar-refractivity contribution in [1.82, 2.24) is 0 Å². The van der Waals surface area contributed by atoms with Crippen LogP contribution < -0.4 is 4.74 Å². The lowest BCUT2D eigenvalue weighted by Gasteiger charge is -2.32. The van der Waals surface area contributed by atoms with Crippen LogP contribution in [-0.4, -0.2) is 21.4 Å². The van der Waals surface area contributed by atoms with Crippen molar-refractivity contribution in [3.05, 3.63) is 41.0 Å². The van der Waals surface area contributed by atoms with Crippen molar-refractivity contribution < 1.29 is 14.9 Å². The zero-order valence-corrected chi connectivity index (χ0v) is 16.2. The molecule has 0 spiro atoms. The number of rotatable bonds is 7. The molecular formula is C22H32O3. The minimum atomic E-state index is -0.578. The number of fused-ring (bicyclic) bond motifs is 1. The second-order valence-corrected chi connectivity index (χ2v) is 8.20. The monoisotopic (exact) mass is 344 g/mol. The highest BCUT2D eigenvalue weighted by Crippen LogP contribution is 2.38. The van der Waals surface area contributed by atoms with Crippen molar-refractivity contribution in [1.29, 1.82) is 0 Å². The van der Waals surface area contributed by atoms with E-state index in [-0.39, 0.29) is 11.4 Å². The molecule has 0 fully saturated rings. The Hall–Kier alpha value is -1.74. The minimum absolute atomic E-state index is 0.274. The molecule has 0 saturated carbocycles. The molecule has 1 aliphatic heterocycles. The summed E-state index contributed by atoms with van der Waals surface area (Å²) in [5.41, 5.74) is 2.20. The molecule has 1 aromatic carbocycles. The van der Waals surface area contributed by atoms with E-state index in [4.69, 9.17) is 4.74 Å². The van der Waals surface area contributed by atoms with Crippen molar-refractivity contribution in [3.63, 3.8) is 0 Å². The number of hydrogen-bond donors (Lipinski definition) is 2. The normalized spacial score (nSPS) is 20.3. The smallest absolute Gasteiger partial charge is 0.131 e. The first kappa shape index (κ1) is 19.6. The third kappa shape index (κ3) is 5.93. The fourth-order valence-electron chi connectivity index (χ4n) is 3.18. The van der Waals surface area contributed by atoms with Crippen molar-refractivity contribution in [3.8, 4) is 11.5 Å². The zero-order valence-electron chi connectivity index (χ0n) is 16.2. The van der Waals surface area contributed by atoms with Crippen LogP contribution >= 0.6 is 0 Å². The molecule has 1 unspecified atom stereocenters. The highest BCUT2D eigenvalue weighted by molar-refractivity contribution is 5.67. The molecule has 1 atom stereocenters. The fraction of sp³-hybridized carbons (Fsp3) is 0.545. The van der Waals surface area contributed by atoms with Gasteiger partial charge in [-0.05, 0) is 96.6 Å². The summed E-state index contributed by atoms with van der Waals surface area (Å²) in [4.78, 5) is 0. The molecule has 0 amide bonds. The molecule has 0 aromatic heterocycles. The van der Waals surface area contributed by atoms with Gasteiger partial charge in [-0.15, -0.1) is 0 Å². The Kier molecular flexibility index (Phi) is 5.99. The molecule has 0 bridgehead atoms. The van der Waals surface area contributed by atoms with E-state index >= 15 is 0 Å². The molecular weight excluding hydrogens is 312 g/mol. The molecule has 1 aromatic rings. The van der Waals surface area contributed by atoms with Gasteiger partial charge in [-0.1, -0.05) is 11.6 Å². The van der Waals surface area contributed by atoms with E-state index in [1.54, 1.807) is 6.07 Å². The van der Waals surface area contributed by atoms with Crippen molar-refractivity contribution in [2.75, 3.05) is 0 Å². The average molecular weight is 344 g/mol. The first-order valence-corrected chi connectivity index (χ1v) is 9.18. The molecule has 2 rings (SSSR count). The Balaban J connectivity index is 1.90. The summed E-state index contributed by atoms with van der Waals surface area (Å²) in [5.74, 6) is 1.03. The number of allylic oxidation sites excluding steroid dienone is 2. The molecule has 138 valence electrons. The molecule has 3 nitrogen and oxygen atoms in total. The SMILES string of the molecule is CC(=CCCC1(C)C=Cc2c(O)cc(C)cc2O1)CCCC(C)(C)O. The maximum absolute atomic E-state index is 10.0. The Morgan fingerprint density at radius 3 is 2.72 bits per heavy atom. The Morgan fingerprint density at radius 1 is 1.32 bits per heavy atom. The fourth-order valence-corrected chi connectivity index (χ4v) is 3.18. The number of ether oxygens (including phenoxy) is 1. The molecule has 0 radical (unpaired) electrons. The third-order valence-corrected chi connectivity index (χ3v) is 4.70. The molecule has 0 saturated heterocycles. The highest BCUT2D eigenvalue weighted by atomic mass is 16.5. The molecule has 25 heavy (non-hydrogen) atoms. The predicted octanol–water partition coefficient (Wildman–Crippen LogP) is 5.53. The largest absolute Gasteiger partial charge is 0.507 e. The van der Waals surface area contributed by atoms with Crippen LogP contribution in [0.4, 0.5) is 0 Å². The number of benzene rings is 1. The Morgan fingerprint density at radius 2 is 2.04 bits per heavy atom. The zero-order chi connectivity index (χ0) is 18.7. The lowest BCUT2D eigenvalue weighted by atomic mass is 9.93. The predicted molar refractivity (Wildman–Crippen MR) is 104 cm³/mol. The Labute approximate surface area is 152 Å². The number of hydrogen-bond acceptors (Lipinski definition) is 3. The van der Waals surface area contributed by atoms with Crippen LogP contribution in [-0.2, 0) is 0 Å². The van der Waals surface area contributed by atoms with Gasteiger partial charge < -0.3 is 14.9 Å². The van der Waals surface area contributed by atoms with Crippen molar-refractivity contribution in [2.24, 2.45) is 0 Å². The summed E-state index contributed by atoms with van der Waals surface area (Å²) in [6.45, 7) is 9.91. The molecule has 0 aliphatic carbocycles. The van der Waals surface area contributed by atoms with Crippen LogP contribution in [0.25, 0.3) is 6.08 Å². The molecule has 2 N–H and O–H groups in total. The average Bonchev–Trinajstić information content (AvgIpc) is 2.44. The van der Waals surface area contributed by atoms with Gasteiger partial charge in [0.1, 0.15) is 17.1 Å². The molecule has 1 heterocycles. The van der Waals surface area contributed by atoms with Crippen LogP contribution in [0.2, 0.25) is 0 Å². The number of phenolic OH excluding ortho intramolecular Hbond substituents is 1. The lowest BCUT2D eigenvalue weighted by molar-refractivity contribution is 0.0689. The number of aromatic hydroxyl groups is 1. The first-order valence-electron chi connectivity index (χ1n) is 9.18. The number of phenols is 1. The van der Waals surface area contributed by atoms with Crippen LogP contribution in [0.3, 0.4) is 0 Å². The standard InChI is InChI=1S/C22H32O3/c1-16(8-6-11-21(3,4)24)9-7-12-22(5)13-10-18-19(23)14-17(2)15-20(18)25-22/h9-10,13-15,23-24H,6-8,11-12H2,1-5H3. The van der Waals surface area contributed by atoms with E-state index in [2.05, 4.69) is 19.9 Å². The topological polar surface area (TPSA) is 49.7 Å². The van der Waals surface area contributed by atoms with Gasteiger partial charge in [-0.3, -0.25) is 0 Å². The van der Waals surface area contributed by atoms with E-state index in [0.717, 1.165) is 49.0 Å². The highest BCUT2D eigenvalue weighted by Gasteiger charge is 2.28. The number of aliphatic hydroxyl groups is 1. The Bertz CT molecular complexity index is 665. The second-order valence-electron chi connectivity index (χ2n) is 8.20. The van der Waals surface area contributed by atoms with Crippen LogP contribution in [0.15, 0.2) is 29.9 Å². The van der Waals surface area contributed by atoms with Gasteiger partial charge in [0.15, 0.2) is 0 Å². The van der Waals surface area contributed by atoms with Gasteiger partial charge in [0, 0.05) is 0 Å². The molecule has 3 heteroatoms. The first-order chi connectivity index (χ1) is 11.6. The van der Waals surface area contributed by atoms with Gasteiger partial charge in [-0.25, -0.2) is 0 Å². The van der Waals surface area contributed by atoms with Crippen LogP contribution in [0, 0.1) is 6.92 Å². The van der Waals surface area contributed by atoms with Crippen LogP contribution in [0.5, 0.6) is 11.5 Å². The summed E-state index contributed by atoms with van der Waals surface area (Å²) in [7, 11) is 0.